The van der Waals surface area contributed by atoms with Gasteiger partial charge in [0.2, 0.25) is 0 Å². The van der Waals surface area contributed by atoms with Crippen LogP contribution < -0.4 is 5.43 Å². The topological polar surface area (TPSA) is 26.3 Å². The zero-order chi connectivity index (χ0) is 14.1. The lowest BCUT2D eigenvalue weighted by molar-refractivity contribution is 0.0774. The second kappa shape index (κ2) is 5.35. The van der Waals surface area contributed by atoms with Crippen molar-refractivity contribution in [3.05, 3.63) is 58.3 Å². The molecule has 0 bridgehead atoms. The van der Waals surface area contributed by atoms with E-state index in [0.29, 0.717) is 6.61 Å². The highest BCUT2D eigenvalue weighted by Crippen LogP contribution is 2.30. The third kappa shape index (κ3) is 2.13. The van der Waals surface area contributed by atoms with E-state index in [1.807, 2.05) is 56.3 Å². The zero-order valence-electron chi connectivity index (χ0n) is 11.6. The highest BCUT2D eigenvalue weighted by molar-refractivity contribution is 7.24. The number of ether oxygens (including phenoxy) is 1. The average Bonchev–Trinajstić information content (AvgIpc) is 2.47. The molecule has 0 radical (unpaired) electrons. The molecule has 1 heterocycles. The van der Waals surface area contributed by atoms with Crippen LogP contribution in [0, 0.1) is 0 Å². The second-order valence-electron chi connectivity index (χ2n) is 4.75. The van der Waals surface area contributed by atoms with E-state index in [1.165, 1.54) is 0 Å². The van der Waals surface area contributed by atoms with Gasteiger partial charge in [-0.15, -0.1) is 11.3 Å². The lowest BCUT2D eigenvalue weighted by Gasteiger charge is -2.14. The largest absolute Gasteiger partial charge is 0.374 e. The molecule has 2 nitrogen and oxygen atoms in total. The molecule has 102 valence electrons. The molecule has 0 aliphatic carbocycles. The first-order valence-electron chi connectivity index (χ1n) is 6.78. The number of rotatable bonds is 3. The van der Waals surface area contributed by atoms with Crippen LogP contribution in [-0.2, 0) is 4.74 Å². The van der Waals surface area contributed by atoms with Gasteiger partial charge in [-0.25, -0.2) is 0 Å². The van der Waals surface area contributed by atoms with Gasteiger partial charge in [0, 0.05) is 26.8 Å². The number of fused-ring (bicyclic) bond motifs is 2. The Bertz CT molecular complexity index is 820. The van der Waals surface area contributed by atoms with E-state index in [1.54, 1.807) is 11.3 Å². The Kier molecular flexibility index (Phi) is 3.55. The Hall–Kier alpha value is -1.71. The summed E-state index contributed by atoms with van der Waals surface area (Å²) in [6.07, 6.45) is -0.0650. The van der Waals surface area contributed by atoms with Crippen LogP contribution in [0.15, 0.2) is 47.3 Å². The molecule has 20 heavy (non-hydrogen) atoms. The summed E-state index contributed by atoms with van der Waals surface area (Å²) in [6.45, 7) is 4.61. The minimum atomic E-state index is -0.0650. The Morgan fingerprint density at radius 1 is 1.10 bits per heavy atom. The first-order chi connectivity index (χ1) is 9.72. The van der Waals surface area contributed by atoms with Crippen molar-refractivity contribution in [3.8, 4) is 0 Å². The third-order valence-electron chi connectivity index (χ3n) is 3.49. The molecule has 1 unspecified atom stereocenters. The molecule has 0 aliphatic heterocycles. The summed E-state index contributed by atoms with van der Waals surface area (Å²) >= 11 is 1.66. The average molecular weight is 284 g/mol. The molecule has 0 aliphatic rings. The molecule has 2 aromatic carbocycles. The molecule has 1 atom stereocenters. The Balaban J connectivity index is 2.38. The summed E-state index contributed by atoms with van der Waals surface area (Å²) in [5.74, 6) is 0. The molecule has 3 aromatic rings. The maximum atomic E-state index is 12.8. The zero-order valence-corrected chi connectivity index (χ0v) is 12.4. The number of hydrogen-bond acceptors (Lipinski definition) is 3. The Morgan fingerprint density at radius 2 is 1.85 bits per heavy atom. The van der Waals surface area contributed by atoms with Gasteiger partial charge in [0.25, 0.3) is 0 Å². The molecule has 0 amide bonds. The van der Waals surface area contributed by atoms with Gasteiger partial charge in [0.05, 0.1) is 6.10 Å². The van der Waals surface area contributed by atoms with E-state index in [4.69, 9.17) is 4.74 Å². The first-order valence-corrected chi connectivity index (χ1v) is 7.60. The van der Waals surface area contributed by atoms with Crippen LogP contribution in [0.2, 0.25) is 0 Å². The lowest BCUT2D eigenvalue weighted by atomic mass is 10.0. The summed E-state index contributed by atoms with van der Waals surface area (Å²) in [5.41, 5.74) is 1.09. The minimum Gasteiger partial charge on any atom is -0.374 e. The van der Waals surface area contributed by atoms with E-state index in [-0.39, 0.29) is 11.5 Å². The van der Waals surface area contributed by atoms with Crippen molar-refractivity contribution in [1.82, 2.24) is 0 Å². The van der Waals surface area contributed by atoms with Crippen molar-refractivity contribution in [2.45, 2.75) is 20.0 Å². The summed E-state index contributed by atoms with van der Waals surface area (Å²) < 4.78 is 7.73. The maximum absolute atomic E-state index is 12.8. The smallest absolute Gasteiger partial charge is 0.196 e. The normalized spacial score (nSPS) is 12.9. The third-order valence-corrected chi connectivity index (χ3v) is 4.63. The standard InChI is InChI=1S/C17H16O2S/c1-3-19-11(2)12-8-6-10-15-16(12)17(18)13-7-4-5-9-14(13)20-15/h4-11H,3H2,1-2H3. The maximum Gasteiger partial charge on any atom is 0.196 e. The highest BCUT2D eigenvalue weighted by Gasteiger charge is 2.14. The van der Waals surface area contributed by atoms with Crippen molar-refractivity contribution < 1.29 is 4.74 Å². The van der Waals surface area contributed by atoms with Crippen molar-refractivity contribution in [2.75, 3.05) is 6.61 Å². The van der Waals surface area contributed by atoms with Crippen molar-refractivity contribution >= 4 is 31.5 Å². The highest BCUT2D eigenvalue weighted by atomic mass is 32.1. The molecule has 0 spiro atoms. The monoisotopic (exact) mass is 284 g/mol. The molecule has 1 aromatic heterocycles. The minimum absolute atomic E-state index is 0.0650. The summed E-state index contributed by atoms with van der Waals surface area (Å²) in [5, 5.41) is 1.60. The molecule has 0 saturated carbocycles. The molecule has 0 fully saturated rings. The Labute approximate surface area is 121 Å². The van der Waals surface area contributed by atoms with Gasteiger partial charge in [-0.1, -0.05) is 24.3 Å². The first kappa shape index (κ1) is 13.3. The van der Waals surface area contributed by atoms with Crippen LogP contribution in [0.1, 0.15) is 25.5 Å². The molecule has 3 heteroatoms. The summed E-state index contributed by atoms with van der Waals surface area (Å²) in [6, 6.07) is 13.8. The quantitative estimate of drug-likeness (QED) is 0.661. The van der Waals surface area contributed by atoms with Gasteiger partial charge >= 0.3 is 0 Å². The van der Waals surface area contributed by atoms with Crippen LogP contribution in [-0.4, -0.2) is 6.61 Å². The predicted octanol–water partition coefficient (Wildman–Crippen LogP) is 4.51. The van der Waals surface area contributed by atoms with Gasteiger partial charge in [0.1, 0.15) is 0 Å². The van der Waals surface area contributed by atoms with Crippen LogP contribution in [0.25, 0.3) is 20.2 Å². The van der Waals surface area contributed by atoms with E-state index in [9.17, 15) is 4.79 Å². The molecular formula is C17H16O2S. The van der Waals surface area contributed by atoms with E-state index in [2.05, 4.69) is 0 Å². The van der Waals surface area contributed by atoms with Crippen molar-refractivity contribution in [3.63, 3.8) is 0 Å². The molecule has 0 saturated heterocycles. The van der Waals surface area contributed by atoms with Crippen molar-refractivity contribution in [2.24, 2.45) is 0 Å². The summed E-state index contributed by atoms with van der Waals surface area (Å²) in [7, 11) is 0. The molecule has 0 N–H and O–H groups in total. The summed E-state index contributed by atoms with van der Waals surface area (Å²) in [4.78, 5) is 12.8. The van der Waals surface area contributed by atoms with Gasteiger partial charge in [0.15, 0.2) is 5.43 Å². The van der Waals surface area contributed by atoms with Crippen molar-refractivity contribution in [1.29, 1.82) is 0 Å². The molecular weight excluding hydrogens is 268 g/mol. The lowest BCUT2D eigenvalue weighted by Crippen LogP contribution is -2.08. The van der Waals surface area contributed by atoms with Gasteiger partial charge < -0.3 is 4.74 Å². The predicted molar refractivity (Wildman–Crippen MR) is 85.6 cm³/mol. The van der Waals surface area contributed by atoms with E-state index in [0.717, 1.165) is 25.7 Å². The van der Waals surface area contributed by atoms with Gasteiger partial charge in [-0.3, -0.25) is 4.79 Å². The fourth-order valence-electron chi connectivity index (χ4n) is 2.55. The van der Waals surface area contributed by atoms with E-state index >= 15 is 0 Å². The van der Waals surface area contributed by atoms with Crippen LogP contribution in [0.5, 0.6) is 0 Å². The number of benzene rings is 2. The van der Waals surface area contributed by atoms with Gasteiger partial charge in [-0.2, -0.15) is 0 Å². The van der Waals surface area contributed by atoms with Gasteiger partial charge in [-0.05, 0) is 37.6 Å². The van der Waals surface area contributed by atoms with Crippen LogP contribution in [0.3, 0.4) is 0 Å². The van der Waals surface area contributed by atoms with E-state index < -0.39 is 0 Å². The number of hydrogen-bond donors (Lipinski definition) is 0. The Morgan fingerprint density at radius 3 is 2.65 bits per heavy atom. The SMILES string of the molecule is CCOC(C)c1cccc2sc3ccccc3c(=O)c12. The molecule has 3 rings (SSSR count). The fraction of sp³-hybridized carbons (Fsp3) is 0.235. The van der Waals surface area contributed by atoms with Crippen LogP contribution >= 0.6 is 11.3 Å². The fourth-order valence-corrected chi connectivity index (χ4v) is 3.66. The van der Waals surface area contributed by atoms with Crippen LogP contribution in [0.4, 0.5) is 0 Å². The second-order valence-corrected chi connectivity index (χ2v) is 5.83.